The summed E-state index contributed by atoms with van der Waals surface area (Å²) in [6.45, 7) is 6.92. The van der Waals surface area contributed by atoms with E-state index in [1.54, 1.807) is 0 Å². The summed E-state index contributed by atoms with van der Waals surface area (Å²) in [7, 11) is 0. The van der Waals surface area contributed by atoms with Gasteiger partial charge in [-0.25, -0.2) is 4.99 Å². The van der Waals surface area contributed by atoms with Crippen molar-refractivity contribution in [1.29, 1.82) is 0 Å². The Hall–Kier alpha value is -3.36. The van der Waals surface area contributed by atoms with Crippen molar-refractivity contribution in [1.82, 2.24) is 0 Å². The average Bonchev–Trinajstić information content (AvgIpc) is 3.51. The topological polar surface area (TPSA) is 24.7 Å². The van der Waals surface area contributed by atoms with E-state index in [0.717, 1.165) is 62.0 Å². The number of aryl methyl sites for hydroxylation is 2. The van der Waals surface area contributed by atoms with Crippen LogP contribution in [0.5, 0.6) is 0 Å². The lowest BCUT2D eigenvalue weighted by Crippen LogP contribution is -1.97. The Labute approximate surface area is 506 Å². The van der Waals surface area contributed by atoms with Crippen LogP contribution in [0, 0.1) is 23.7 Å². The number of aliphatic imine (C=N–C) groups is 2. The van der Waals surface area contributed by atoms with E-state index in [0.29, 0.717) is 0 Å². The summed E-state index contributed by atoms with van der Waals surface area (Å²) in [5, 5.41) is 0. The molecule has 0 N–H and O–H groups in total. The number of hydrogen-bond acceptors (Lipinski definition) is 2. The zero-order valence-electron chi connectivity index (χ0n) is 54.3. The summed E-state index contributed by atoms with van der Waals surface area (Å²) in [5.74, 6) is 14.0. The average molecular weight is 1110 g/mol. The van der Waals surface area contributed by atoms with Crippen molar-refractivity contribution in [2.45, 2.75) is 380 Å². The van der Waals surface area contributed by atoms with Gasteiger partial charge in [-0.1, -0.05) is 359 Å². The van der Waals surface area contributed by atoms with E-state index in [9.17, 15) is 0 Å². The highest BCUT2D eigenvalue weighted by Crippen LogP contribution is 2.24. The van der Waals surface area contributed by atoms with Gasteiger partial charge in [-0.2, -0.15) is 0 Å². The Morgan fingerprint density at radius 3 is 0.926 bits per heavy atom. The van der Waals surface area contributed by atoms with Crippen LogP contribution < -0.4 is 0 Å². The third-order valence-electron chi connectivity index (χ3n) is 16.9. The molecule has 0 aliphatic carbocycles. The summed E-state index contributed by atoms with van der Waals surface area (Å²) in [6.07, 6.45) is 82.2. The van der Waals surface area contributed by atoms with Gasteiger partial charge in [0.25, 0.3) is 0 Å². The molecular weight excluding hydrogens is 977 g/mol. The molecule has 0 bridgehead atoms. The van der Waals surface area contributed by atoms with Gasteiger partial charge in [-0.15, -0.1) is 23.7 Å². The number of para-hydroxylation sites is 2. The van der Waals surface area contributed by atoms with Crippen LogP contribution in [0.4, 0.5) is 11.4 Å². The molecule has 0 amide bonds. The minimum Gasteiger partial charge on any atom is -0.254 e. The lowest BCUT2D eigenvalue weighted by atomic mass is 10.0. The van der Waals surface area contributed by atoms with Gasteiger partial charge in [0.1, 0.15) is 0 Å². The predicted molar refractivity (Wildman–Crippen MR) is 367 cm³/mol. The molecular formula is C79H132N2. The van der Waals surface area contributed by atoms with Gasteiger partial charge >= 0.3 is 0 Å². The molecule has 0 aliphatic heterocycles. The quantitative estimate of drug-likeness (QED) is 0.0358. The molecule has 0 radical (unpaired) electrons. The van der Waals surface area contributed by atoms with E-state index in [1.165, 1.54) is 326 Å². The molecule has 2 rings (SSSR count). The minimum absolute atomic E-state index is 0.875. The standard InChI is InChI=1S/C79H132N2/c1-4-7-10-13-16-19-22-25-28-31-34-35-36-37-38-41-44-47-50-53-56-59-62-71-77(81-79-73-66-64-70-76(79)68-61-58-55-52-49-46-43-40-33-30-27-24-21-18-15-12-9-6-3)74-80-78-72-65-63-69-75(78)67-60-57-54-51-48-45-42-39-32-29-26-23-20-17-14-11-8-5-2/h62-66,69-74H,4-53,56,59-61,67-68H2,1-3H3. The van der Waals surface area contributed by atoms with E-state index in [4.69, 9.17) is 9.98 Å². The Balaban J connectivity index is 1.81. The van der Waals surface area contributed by atoms with Crippen LogP contribution in [0.15, 0.2) is 70.7 Å². The van der Waals surface area contributed by atoms with Crippen LogP contribution in [0.1, 0.15) is 379 Å². The summed E-state index contributed by atoms with van der Waals surface area (Å²) in [6, 6.07) is 17.3. The van der Waals surface area contributed by atoms with Gasteiger partial charge in [0, 0.05) is 25.7 Å². The van der Waals surface area contributed by atoms with Crippen LogP contribution >= 0.6 is 0 Å². The fourth-order valence-corrected chi connectivity index (χ4v) is 11.5. The fraction of sp³-hybridized carbons (Fsp3) is 0.747. The molecule has 0 heterocycles. The second-order valence-corrected chi connectivity index (χ2v) is 24.7. The smallest absolute Gasteiger partial charge is 0.0816 e. The maximum atomic E-state index is 5.29. The van der Waals surface area contributed by atoms with Gasteiger partial charge in [0.15, 0.2) is 0 Å². The second kappa shape index (κ2) is 61.2. The third-order valence-corrected chi connectivity index (χ3v) is 16.9. The number of nitrogens with zero attached hydrogens (tertiary/aromatic N) is 2. The molecule has 2 aromatic carbocycles. The molecule has 0 saturated carbocycles. The van der Waals surface area contributed by atoms with Crippen molar-refractivity contribution in [3.63, 3.8) is 0 Å². The molecule has 81 heavy (non-hydrogen) atoms. The molecule has 0 atom stereocenters. The van der Waals surface area contributed by atoms with Crippen molar-refractivity contribution in [3.05, 3.63) is 71.8 Å². The monoisotopic (exact) mass is 1110 g/mol. The number of rotatable bonds is 58. The fourth-order valence-electron chi connectivity index (χ4n) is 11.5. The lowest BCUT2D eigenvalue weighted by molar-refractivity contribution is 0.520. The largest absolute Gasteiger partial charge is 0.254 e. The maximum absolute atomic E-state index is 5.29. The molecule has 0 aromatic heterocycles. The lowest BCUT2D eigenvalue weighted by Gasteiger charge is -2.06. The first kappa shape index (κ1) is 73.7. The first-order valence-corrected chi connectivity index (χ1v) is 36.1. The number of allylic oxidation sites excluding steroid dienone is 2. The molecule has 0 unspecified atom stereocenters. The molecule has 458 valence electrons. The zero-order valence-corrected chi connectivity index (χ0v) is 54.3. The van der Waals surface area contributed by atoms with Gasteiger partial charge in [0.2, 0.25) is 0 Å². The van der Waals surface area contributed by atoms with Gasteiger partial charge in [-0.05, 0) is 67.9 Å². The third kappa shape index (κ3) is 49.8. The SMILES string of the molecule is CCCCCCCCCCCCCCCCC#CCCc1ccccc1N=CC(C=CCCCCCCCCCCCCCCCCCCCCCCC)=Nc1ccccc1CCC#CCCCCCCCCCCCCCCCC. The Morgan fingerprint density at radius 1 is 0.309 bits per heavy atom. The van der Waals surface area contributed by atoms with Gasteiger partial charge < -0.3 is 0 Å². The van der Waals surface area contributed by atoms with Crippen molar-refractivity contribution >= 4 is 23.3 Å². The van der Waals surface area contributed by atoms with Crippen molar-refractivity contribution in [3.8, 4) is 23.7 Å². The Bertz CT molecular complexity index is 1860. The second-order valence-electron chi connectivity index (χ2n) is 24.7. The number of hydrogen-bond donors (Lipinski definition) is 0. The summed E-state index contributed by atoms with van der Waals surface area (Å²) in [4.78, 5) is 10.4. The highest BCUT2D eigenvalue weighted by molar-refractivity contribution is 6.36. The summed E-state index contributed by atoms with van der Waals surface area (Å²) < 4.78 is 0. The highest BCUT2D eigenvalue weighted by atomic mass is 14.8. The van der Waals surface area contributed by atoms with Crippen LogP contribution in [-0.2, 0) is 12.8 Å². The molecule has 0 fully saturated rings. The molecule has 2 heteroatoms. The molecule has 0 aliphatic rings. The molecule has 2 nitrogen and oxygen atoms in total. The van der Waals surface area contributed by atoms with E-state index in [1.807, 2.05) is 6.21 Å². The number of unbranched alkanes of at least 4 members (excludes halogenated alkanes) is 49. The molecule has 0 saturated heterocycles. The van der Waals surface area contributed by atoms with Crippen LogP contribution in [0.2, 0.25) is 0 Å². The van der Waals surface area contributed by atoms with Crippen molar-refractivity contribution in [2.75, 3.05) is 0 Å². The number of benzene rings is 2. The van der Waals surface area contributed by atoms with Crippen molar-refractivity contribution < 1.29 is 0 Å². The van der Waals surface area contributed by atoms with E-state index in [-0.39, 0.29) is 0 Å². The first-order chi connectivity index (χ1) is 40.3. The zero-order chi connectivity index (χ0) is 57.5. The van der Waals surface area contributed by atoms with Gasteiger partial charge in [0.05, 0.1) is 23.3 Å². The molecule has 0 spiro atoms. The van der Waals surface area contributed by atoms with E-state index >= 15 is 0 Å². The predicted octanol–water partition coefficient (Wildman–Crippen LogP) is 26.9. The van der Waals surface area contributed by atoms with Crippen molar-refractivity contribution in [2.24, 2.45) is 9.98 Å². The van der Waals surface area contributed by atoms with E-state index in [2.05, 4.69) is 105 Å². The van der Waals surface area contributed by atoms with Crippen LogP contribution in [-0.4, -0.2) is 11.9 Å². The normalized spacial score (nSPS) is 11.7. The molecule has 2 aromatic rings. The van der Waals surface area contributed by atoms with Crippen LogP contribution in [0.25, 0.3) is 0 Å². The Morgan fingerprint density at radius 2 is 0.580 bits per heavy atom. The van der Waals surface area contributed by atoms with E-state index < -0.39 is 0 Å². The summed E-state index contributed by atoms with van der Waals surface area (Å²) in [5.41, 5.74) is 5.50. The first-order valence-electron chi connectivity index (χ1n) is 36.1. The van der Waals surface area contributed by atoms with Crippen LogP contribution in [0.3, 0.4) is 0 Å². The Kier molecular flexibility index (Phi) is 55.7. The summed E-state index contributed by atoms with van der Waals surface area (Å²) >= 11 is 0. The maximum Gasteiger partial charge on any atom is 0.0816 e. The van der Waals surface area contributed by atoms with Gasteiger partial charge in [-0.3, -0.25) is 4.99 Å². The minimum atomic E-state index is 0.875. The highest BCUT2D eigenvalue weighted by Gasteiger charge is 2.05.